The van der Waals surface area contributed by atoms with Gasteiger partial charge in [-0.15, -0.1) is 0 Å². The van der Waals surface area contributed by atoms with Gasteiger partial charge < -0.3 is 14.3 Å². The summed E-state index contributed by atoms with van der Waals surface area (Å²) in [5, 5.41) is 9.58. The number of ether oxygens (including phenoxy) is 1. The van der Waals surface area contributed by atoms with E-state index in [2.05, 4.69) is 4.99 Å². The molecular formula is C18H21NO6. The average molecular weight is 347 g/mol. The molecule has 1 heterocycles. The Balaban J connectivity index is 2.40. The minimum absolute atomic E-state index is 0.116. The highest BCUT2D eigenvalue weighted by atomic mass is 16.5. The first kappa shape index (κ1) is 18.6. The number of carbonyl (C=O) groups is 2. The van der Waals surface area contributed by atoms with E-state index in [0.717, 1.165) is 6.21 Å². The number of fused-ring (bicyclic) bond motifs is 1. The Morgan fingerprint density at radius 3 is 2.68 bits per heavy atom. The zero-order valence-corrected chi connectivity index (χ0v) is 14.7. The molecule has 1 aromatic heterocycles. The van der Waals surface area contributed by atoms with Crippen molar-refractivity contribution in [2.45, 2.75) is 40.5 Å². The standard InChI is InChI=1S/C18H21NO6/c1-5-24-16(22)12(10(2)20)9-19-13-6-11-14(21)7-18(3,4)8-15(11)25-17(13)23/h6,9,20H,5,7-8H2,1-4H3/b12-10-,19-9?. The van der Waals surface area contributed by atoms with Gasteiger partial charge in [-0.2, -0.15) is 0 Å². The van der Waals surface area contributed by atoms with Crippen molar-refractivity contribution >= 4 is 23.7 Å². The summed E-state index contributed by atoms with van der Waals surface area (Å²) < 4.78 is 10.1. The smallest absolute Gasteiger partial charge is 0.362 e. The molecule has 0 unspecified atom stereocenters. The summed E-state index contributed by atoms with van der Waals surface area (Å²) in [7, 11) is 0. The van der Waals surface area contributed by atoms with Crippen molar-refractivity contribution in [1.29, 1.82) is 0 Å². The first-order valence-electron chi connectivity index (χ1n) is 7.96. The van der Waals surface area contributed by atoms with Gasteiger partial charge in [-0.1, -0.05) is 13.8 Å². The largest absolute Gasteiger partial charge is 0.512 e. The number of aliphatic hydroxyl groups excluding tert-OH is 1. The fraction of sp³-hybridized carbons (Fsp3) is 0.444. The molecule has 25 heavy (non-hydrogen) atoms. The quantitative estimate of drug-likeness (QED) is 0.388. The third-order valence-corrected chi connectivity index (χ3v) is 3.80. The number of esters is 1. The van der Waals surface area contributed by atoms with Gasteiger partial charge in [0.05, 0.1) is 12.2 Å². The molecule has 0 atom stereocenters. The van der Waals surface area contributed by atoms with Crippen LogP contribution < -0.4 is 5.63 Å². The van der Waals surface area contributed by atoms with E-state index in [0.29, 0.717) is 24.2 Å². The van der Waals surface area contributed by atoms with Crippen molar-refractivity contribution < 1.29 is 23.8 Å². The summed E-state index contributed by atoms with van der Waals surface area (Å²) in [6, 6.07) is 1.37. The summed E-state index contributed by atoms with van der Waals surface area (Å²) >= 11 is 0. The molecule has 134 valence electrons. The first-order chi connectivity index (χ1) is 11.6. The normalized spacial score (nSPS) is 17.2. The summed E-state index contributed by atoms with van der Waals surface area (Å²) in [4.78, 5) is 40.0. The molecular weight excluding hydrogens is 326 g/mol. The highest BCUT2D eigenvalue weighted by Crippen LogP contribution is 2.35. The monoisotopic (exact) mass is 347 g/mol. The summed E-state index contributed by atoms with van der Waals surface area (Å²) in [6.07, 6.45) is 1.86. The van der Waals surface area contributed by atoms with Crippen LogP contribution in [0.3, 0.4) is 0 Å². The maximum absolute atomic E-state index is 12.3. The van der Waals surface area contributed by atoms with Crippen LogP contribution in [0, 0.1) is 5.41 Å². The zero-order valence-electron chi connectivity index (χ0n) is 14.7. The van der Waals surface area contributed by atoms with Gasteiger partial charge in [0.25, 0.3) is 0 Å². The van der Waals surface area contributed by atoms with Crippen LogP contribution in [0.15, 0.2) is 31.6 Å². The Kier molecular flexibility index (Phi) is 5.25. The molecule has 0 aromatic carbocycles. The minimum atomic E-state index is -0.758. The molecule has 0 saturated carbocycles. The fourth-order valence-electron chi connectivity index (χ4n) is 2.62. The first-order valence-corrected chi connectivity index (χ1v) is 7.96. The molecule has 0 fully saturated rings. The predicted octanol–water partition coefficient (Wildman–Crippen LogP) is 2.89. The molecule has 0 saturated heterocycles. The van der Waals surface area contributed by atoms with Crippen LogP contribution in [0.4, 0.5) is 5.69 Å². The Hall–Kier alpha value is -2.70. The molecule has 1 N–H and O–H groups in total. The van der Waals surface area contributed by atoms with Crippen LogP contribution in [0.2, 0.25) is 0 Å². The lowest BCUT2D eigenvalue weighted by atomic mass is 9.76. The highest BCUT2D eigenvalue weighted by Gasteiger charge is 2.33. The van der Waals surface area contributed by atoms with Crippen molar-refractivity contribution in [1.82, 2.24) is 0 Å². The second kappa shape index (κ2) is 7.04. The molecule has 0 spiro atoms. The summed E-state index contributed by atoms with van der Waals surface area (Å²) in [5.41, 5.74) is -0.937. The van der Waals surface area contributed by atoms with Crippen molar-refractivity contribution in [3.05, 3.63) is 39.1 Å². The molecule has 7 heteroatoms. The van der Waals surface area contributed by atoms with Crippen LogP contribution in [-0.2, 0) is 16.0 Å². The van der Waals surface area contributed by atoms with Gasteiger partial charge >= 0.3 is 11.6 Å². The zero-order chi connectivity index (χ0) is 18.8. The third kappa shape index (κ3) is 4.23. The maximum atomic E-state index is 12.3. The number of allylic oxidation sites excluding steroid dienone is 1. The molecule has 7 nitrogen and oxygen atoms in total. The number of hydrogen-bond donors (Lipinski definition) is 1. The van der Waals surface area contributed by atoms with Gasteiger partial charge in [-0.3, -0.25) is 4.79 Å². The van der Waals surface area contributed by atoms with E-state index >= 15 is 0 Å². The van der Waals surface area contributed by atoms with Gasteiger partial charge in [0, 0.05) is 19.1 Å². The Morgan fingerprint density at radius 2 is 2.08 bits per heavy atom. The Bertz CT molecular complexity index is 824. The van der Waals surface area contributed by atoms with Crippen LogP contribution in [-0.4, -0.2) is 29.7 Å². The van der Waals surface area contributed by atoms with Crippen LogP contribution >= 0.6 is 0 Å². The second-order valence-corrected chi connectivity index (χ2v) is 6.67. The molecule has 1 aromatic rings. The van der Waals surface area contributed by atoms with E-state index in [9.17, 15) is 19.5 Å². The van der Waals surface area contributed by atoms with Crippen molar-refractivity contribution in [3.8, 4) is 0 Å². The van der Waals surface area contributed by atoms with Gasteiger partial charge in [0.2, 0.25) is 0 Å². The number of hydrogen-bond acceptors (Lipinski definition) is 7. The number of Topliss-reactive ketones (excluding diaryl/α,β-unsaturated/α-hetero) is 1. The van der Waals surface area contributed by atoms with Crippen molar-refractivity contribution in [2.24, 2.45) is 10.4 Å². The minimum Gasteiger partial charge on any atom is -0.512 e. The molecule has 2 rings (SSSR count). The van der Waals surface area contributed by atoms with E-state index in [1.165, 1.54) is 13.0 Å². The van der Waals surface area contributed by atoms with E-state index in [1.54, 1.807) is 6.92 Å². The topological polar surface area (TPSA) is 106 Å². The number of aliphatic imine (C=N–C) groups is 1. The third-order valence-electron chi connectivity index (χ3n) is 3.80. The van der Waals surface area contributed by atoms with Crippen LogP contribution in [0.1, 0.15) is 50.2 Å². The van der Waals surface area contributed by atoms with Crippen LogP contribution in [0.25, 0.3) is 0 Å². The molecule has 0 aliphatic heterocycles. The lowest BCUT2D eigenvalue weighted by molar-refractivity contribution is -0.138. The van der Waals surface area contributed by atoms with Crippen LogP contribution in [0.5, 0.6) is 0 Å². The fourth-order valence-corrected chi connectivity index (χ4v) is 2.62. The SMILES string of the molecule is CCOC(=O)/C(C=Nc1cc2c(oc1=O)CC(C)(C)CC2=O)=C(/C)O. The lowest BCUT2D eigenvalue weighted by Crippen LogP contribution is -2.28. The van der Waals surface area contributed by atoms with Gasteiger partial charge in [0.15, 0.2) is 5.78 Å². The van der Waals surface area contributed by atoms with E-state index < -0.39 is 11.6 Å². The van der Waals surface area contributed by atoms with Gasteiger partial charge in [-0.05, 0) is 25.3 Å². The molecule has 0 radical (unpaired) electrons. The molecule has 1 aliphatic carbocycles. The van der Waals surface area contributed by atoms with E-state index in [4.69, 9.17) is 9.15 Å². The Labute approximate surface area is 145 Å². The highest BCUT2D eigenvalue weighted by molar-refractivity contribution is 6.10. The van der Waals surface area contributed by atoms with Gasteiger partial charge in [-0.25, -0.2) is 14.6 Å². The molecule has 0 bridgehead atoms. The van der Waals surface area contributed by atoms with Crippen molar-refractivity contribution in [2.75, 3.05) is 6.61 Å². The molecule has 0 amide bonds. The van der Waals surface area contributed by atoms with E-state index in [-0.39, 0.29) is 34.8 Å². The summed E-state index contributed by atoms with van der Waals surface area (Å²) in [5.74, 6) is -0.815. The number of carbonyl (C=O) groups excluding carboxylic acids is 2. The number of nitrogens with zero attached hydrogens (tertiary/aromatic N) is 1. The van der Waals surface area contributed by atoms with Crippen molar-refractivity contribution in [3.63, 3.8) is 0 Å². The number of aliphatic hydroxyl groups is 1. The average Bonchev–Trinajstić information content (AvgIpc) is 2.47. The second-order valence-electron chi connectivity index (χ2n) is 6.67. The predicted molar refractivity (Wildman–Crippen MR) is 91.5 cm³/mol. The Morgan fingerprint density at radius 1 is 1.40 bits per heavy atom. The lowest BCUT2D eigenvalue weighted by Gasteiger charge is -2.28. The summed E-state index contributed by atoms with van der Waals surface area (Å²) in [6.45, 7) is 6.93. The number of ketones is 1. The van der Waals surface area contributed by atoms with Gasteiger partial charge in [0.1, 0.15) is 22.8 Å². The molecule has 1 aliphatic rings. The van der Waals surface area contributed by atoms with E-state index in [1.807, 2.05) is 13.8 Å². The maximum Gasteiger partial charge on any atom is 0.362 e. The number of rotatable bonds is 4.